The third-order valence-electron chi connectivity index (χ3n) is 2.30. The van der Waals surface area contributed by atoms with Crippen molar-refractivity contribution in [2.75, 3.05) is 0 Å². The SMILES string of the molecule is CCC(N)C#Cc1cc2cc(Cl)ccc2o1. The number of benzene rings is 1. The lowest BCUT2D eigenvalue weighted by Crippen LogP contribution is -2.15. The predicted molar refractivity (Wildman–Crippen MR) is 66.4 cm³/mol. The second kappa shape index (κ2) is 4.61. The van der Waals surface area contributed by atoms with Gasteiger partial charge >= 0.3 is 0 Å². The average molecular weight is 234 g/mol. The van der Waals surface area contributed by atoms with Gasteiger partial charge in [0, 0.05) is 16.5 Å². The molecule has 0 bridgehead atoms. The number of halogens is 1. The van der Waals surface area contributed by atoms with Crippen LogP contribution in [0.1, 0.15) is 19.1 Å². The molecule has 2 aromatic rings. The van der Waals surface area contributed by atoms with Crippen LogP contribution in [0, 0.1) is 11.8 Å². The maximum atomic E-state index is 5.88. The van der Waals surface area contributed by atoms with E-state index in [2.05, 4.69) is 11.8 Å². The average Bonchev–Trinajstić information content (AvgIpc) is 2.67. The van der Waals surface area contributed by atoms with E-state index in [0.29, 0.717) is 10.8 Å². The van der Waals surface area contributed by atoms with Crippen molar-refractivity contribution in [2.24, 2.45) is 5.73 Å². The molecule has 2 nitrogen and oxygen atoms in total. The largest absolute Gasteiger partial charge is 0.448 e. The molecule has 2 N–H and O–H groups in total. The van der Waals surface area contributed by atoms with Gasteiger partial charge in [-0.2, -0.15) is 0 Å². The molecule has 0 aliphatic carbocycles. The van der Waals surface area contributed by atoms with Crippen LogP contribution in [0.2, 0.25) is 5.02 Å². The molecule has 2 rings (SSSR count). The van der Waals surface area contributed by atoms with E-state index in [1.165, 1.54) is 0 Å². The van der Waals surface area contributed by atoms with Crippen LogP contribution in [-0.2, 0) is 0 Å². The molecular weight excluding hydrogens is 222 g/mol. The number of hydrogen-bond acceptors (Lipinski definition) is 2. The van der Waals surface area contributed by atoms with E-state index in [1.54, 1.807) is 6.07 Å². The Labute approximate surface area is 99.4 Å². The van der Waals surface area contributed by atoms with Crippen molar-refractivity contribution in [2.45, 2.75) is 19.4 Å². The summed E-state index contributed by atoms with van der Waals surface area (Å²) in [6.45, 7) is 2.00. The lowest BCUT2D eigenvalue weighted by atomic mass is 10.2. The molecule has 0 saturated heterocycles. The minimum absolute atomic E-state index is 0.100. The molecule has 16 heavy (non-hydrogen) atoms. The van der Waals surface area contributed by atoms with E-state index in [-0.39, 0.29) is 6.04 Å². The Balaban J connectivity index is 2.35. The zero-order chi connectivity index (χ0) is 11.5. The first-order valence-electron chi connectivity index (χ1n) is 5.15. The summed E-state index contributed by atoms with van der Waals surface area (Å²) in [7, 11) is 0. The molecule has 3 heteroatoms. The monoisotopic (exact) mass is 233 g/mol. The Kier molecular flexibility index (Phi) is 3.19. The summed E-state index contributed by atoms with van der Waals surface area (Å²) in [5, 5.41) is 1.65. The third kappa shape index (κ3) is 2.38. The predicted octanol–water partition coefficient (Wildman–Crippen LogP) is 3.18. The zero-order valence-electron chi connectivity index (χ0n) is 8.96. The fourth-order valence-corrected chi connectivity index (χ4v) is 1.52. The molecule has 0 aliphatic heterocycles. The van der Waals surface area contributed by atoms with Gasteiger partial charge in [0.2, 0.25) is 0 Å². The molecule has 0 aliphatic rings. The van der Waals surface area contributed by atoms with Gasteiger partial charge in [0.25, 0.3) is 0 Å². The Morgan fingerprint density at radius 3 is 3.00 bits per heavy atom. The first-order chi connectivity index (χ1) is 7.69. The molecular formula is C13H12ClNO. The van der Waals surface area contributed by atoms with E-state index in [4.69, 9.17) is 21.8 Å². The van der Waals surface area contributed by atoms with Crippen molar-refractivity contribution in [3.05, 3.63) is 35.0 Å². The van der Waals surface area contributed by atoms with Gasteiger partial charge in [-0.3, -0.25) is 0 Å². The topological polar surface area (TPSA) is 39.2 Å². The van der Waals surface area contributed by atoms with Crippen LogP contribution in [0.3, 0.4) is 0 Å². The van der Waals surface area contributed by atoms with Gasteiger partial charge in [-0.15, -0.1) is 0 Å². The van der Waals surface area contributed by atoms with Crippen LogP contribution in [-0.4, -0.2) is 6.04 Å². The Hall–Kier alpha value is -1.43. The number of fused-ring (bicyclic) bond motifs is 1. The molecule has 0 spiro atoms. The Bertz CT molecular complexity index is 562. The summed E-state index contributed by atoms with van der Waals surface area (Å²) in [6, 6.07) is 7.25. The van der Waals surface area contributed by atoms with Crippen LogP contribution in [0.25, 0.3) is 11.0 Å². The van der Waals surface area contributed by atoms with Crippen molar-refractivity contribution < 1.29 is 4.42 Å². The number of furan rings is 1. The normalized spacial score (nSPS) is 12.2. The molecule has 0 fully saturated rings. The highest BCUT2D eigenvalue weighted by atomic mass is 35.5. The molecule has 1 aromatic heterocycles. The summed E-state index contributed by atoms with van der Waals surface area (Å²) in [5.41, 5.74) is 6.49. The van der Waals surface area contributed by atoms with Crippen molar-refractivity contribution in [1.82, 2.24) is 0 Å². The molecule has 82 valence electrons. The second-order valence-corrected chi connectivity index (χ2v) is 4.01. The molecule has 1 atom stereocenters. The maximum Gasteiger partial charge on any atom is 0.178 e. The summed E-state index contributed by atoms with van der Waals surface area (Å²) in [6.07, 6.45) is 0.832. The van der Waals surface area contributed by atoms with Crippen molar-refractivity contribution in [3.8, 4) is 11.8 Å². The van der Waals surface area contributed by atoms with E-state index >= 15 is 0 Å². The summed E-state index contributed by atoms with van der Waals surface area (Å²) in [5.74, 6) is 6.47. The van der Waals surface area contributed by atoms with Gasteiger partial charge in [0.05, 0.1) is 6.04 Å². The highest BCUT2D eigenvalue weighted by Crippen LogP contribution is 2.22. The summed E-state index contributed by atoms with van der Waals surface area (Å²) < 4.78 is 5.53. The molecule has 1 heterocycles. The van der Waals surface area contributed by atoms with Gasteiger partial charge in [-0.1, -0.05) is 24.4 Å². The highest BCUT2D eigenvalue weighted by Gasteiger charge is 2.01. The fraction of sp³-hybridized carbons (Fsp3) is 0.231. The van der Waals surface area contributed by atoms with Crippen LogP contribution in [0.5, 0.6) is 0 Å². The van der Waals surface area contributed by atoms with E-state index in [1.807, 2.05) is 25.1 Å². The third-order valence-corrected chi connectivity index (χ3v) is 2.53. The van der Waals surface area contributed by atoms with Gasteiger partial charge in [0.15, 0.2) is 5.76 Å². The number of rotatable bonds is 1. The lowest BCUT2D eigenvalue weighted by molar-refractivity contribution is 0.601. The first-order valence-corrected chi connectivity index (χ1v) is 5.53. The smallest absolute Gasteiger partial charge is 0.178 e. The molecule has 1 unspecified atom stereocenters. The van der Waals surface area contributed by atoms with E-state index in [0.717, 1.165) is 17.4 Å². The molecule has 1 aromatic carbocycles. The van der Waals surface area contributed by atoms with Crippen molar-refractivity contribution in [3.63, 3.8) is 0 Å². The van der Waals surface area contributed by atoms with Gasteiger partial charge in [-0.25, -0.2) is 0 Å². The Morgan fingerprint density at radius 1 is 1.44 bits per heavy atom. The van der Waals surface area contributed by atoms with Gasteiger partial charge in [-0.05, 0) is 30.5 Å². The second-order valence-electron chi connectivity index (χ2n) is 3.58. The number of nitrogens with two attached hydrogens (primary N) is 1. The lowest BCUT2D eigenvalue weighted by Gasteiger charge is -1.93. The molecule has 0 saturated carbocycles. The summed E-state index contributed by atoms with van der Waals surface area (Å²) in [4.78, 5) is 0. The number of hydrogen-bond donors (Lipinski definition) is 1. The maximum absolute atomic E-state index is 5.88. The van der Waals surface area contributed by atoms with E-state index in [9.17, 15) is 0 Å². The standard InChI is InChI=1S/C13H12ClNO/c1-2-11(15)4-5-12-8-9-7-10(14)3-6-13(9)16-12/h3,6-8,11H,2,15H2,1H3. The van der Waals surface area contributed by atoms with Crippen LogP contribution < -0.4 is 5.73 Å². The molecule has 0 radical (unpaired) electrons. The van der Waals surface area contributed by atoms with Gasteiger partial charge < -0.3 is 10.2 Å². The van der Waals surface area contributed by atoms with Crippen LogP contribution in [0.15, 0.2) is 28.7 Å². The fourth-order valence-electron chi connectivity index (χ4n) is 1.34. The minimum Gasteiger partial charge on any atom is -0.448 e. The van der Waals surface area contributed by atoms with Crippen molar-refractivity contribution in [1.29, 1.82) is 0 Å². The first kappa shape index (κ1) is 11.1. The zero-order valence-corrected chi connectivity index (χ0v) is 9.71. The Morgan fingerprint density at radius 2 is 2.25 bits per heavy atom. The highest BCUT2D eigenvalue weighted by molar-refractivity contribution is 6.31. The van der Waals surface area contributed by atoms with Crippen molar-refractivity contribution >= 4 is 22.6 Å². The van der Waals surface area contributed by atoms with Gasteiger partial charge in [0.1, 0.15) is 5.58 Å². The minimum atomic E-state index is -0.100. The quantitative estimate of drug-likeness (QED) is 0.769. The van der Waals surface area contributed by atoms with E-state index < -0.39 is 0 Å². The summed E-state index contributed by atoms with van der Waals surface area (Å²) >= 11 is 5.88. The van der Waals surface area contributed by atoms with Crippen LogP contribution >= 0.6 is 11.6 Å². The van der Waals surface area contributed by atoms with Crippen LogP contribution in [0.4, 0.5) is 0 Å². The molecule has 0 amide bonds.